The highest BCUT2D eigenvalue weighted by atomic mass is 19.1. The van der Waals surface area contributed by atoms with Crippen molar-refractivity contribution < 1.29 is 23.4 Å². The summed E-state index contributed by atoms with van der Waals surface area (Å²) in [6.45, 7) is -0.0816. The van der Waals surface area contributed by atoms with E-state index in [9.17, 15) is 23.5 Å². The molecule has 1 aromatic heterocycles. The predicted octanol–water partition coefficient (Wildman–Crippen LogP) is 3.01. The van der Waals surface area contributed by atoms with E-state index in [4.69, 9.17) is 4.74 Å². The van der Waals surface area contributed by atoms with E-state index in [1.807, 2.05) is 0 Å². The van der Waals surface area contributed by atoms with Crippen molar-refractivity contribution in [2.24, 2.45) is 5.92 Å². The minimum atomic E-state index is -0.971. The van der Waals surface area contributed by atoms with Crippen LogP contribution in [0, 0.1) is 17.6 Å². The molecule has 1 aliphatic carbocycles. The minimum absolute atomic E-state index is 0.00409. The van der Waals surface area contributed by atoms with Gasteiger partial charge in [0, 0.05) is 18.6 Å². The van der Waals surface area contributed by atoms with E-state index in [1.165, 1.54) is 7.11 Å². The number of hydrogen-bond acceptors (Lipinski definition) is 5. The fourth-order valence-corrected chi connectivity index (χ4v) is 4.36. The molecule has 33 heavy (non-hydrogen) atoms. The molecule has 0 unspecified atom stereocenters. The number of methoxy groups -OCH3 is 1. The predicted molar refractivity (Wildman–Crippen MR) is 118 cm³/mol. The first-order valence-electron chi connectivity index (χ1n) is 10.9. The number of fused-ring (bicyclic) bond motifs is 1. The van der Waals surface area contributed by atoms with Crippen molar-refractivity contribution in [3.8, 4) is 5.75 Å². The fourth-order valence-electron chi connectivity index (χ4n) is 4.36. The molecule has 1 amide bonds. The number of amides is 1. The number of rotatable bonds is 6. The second-order valence-electron chi connectivity index (χ2n) is 8.24. The summed E-state index contributed by atoms with van der Waals surface area (Å²) >= 11 is 0. The number of halogens is 2. The third kappa shape index (κ3) is 4.59. The van der Waals surface area contributed by atoms with Gasteiger partial charge in [-0.2, -0.15) is 5.10 Å². The van der Waals surface area contributed by atoms with Crippen LogP contribution in [0.1, 0.15) is 41.7 Å². The Morgan fingerprint density at radius 3 is 2.55 bits per heavy atom. The van der Waals surface area contributed by atoms with Crippen LogP contribution in [0.4, 0.5) is 8.78 Å². The second kappa shape index (κ2) is 9.66. The Bertz CT molecular complexity index is 1230. The maximum atomic E-state index is 14.7. The topological polar surface area (TPSA) is 93.5 Å². The first kappa shape index (κ1) is 22.8. The molecular formula is C24H25F2N3O4. The number of nitrogens with one attached hydrogen (secondary N) is 1. The van der Waals surface area contributed by atoms with Gasteiger partial charge in [0.15, 0.2) is 5.69 Å². The van der Waals surface area contributed by atoms with Gasteiger partial charge in [-0.05, 0) is 42.7 Å². The smallest absolute Gasteiger partial charge is 0.276 e. The van der Waals surface area contributed by atoms with Crippen LogP contribution in [0.25, 0.3) is 10.9 Å². The summed E-state index contributed by atoms with van der Waals surface area (Å²) in [6, 6.07) is 8.36. The molecule has 0 saturated heterocycles. The maximum absolute atomic E-state index is 14.7. The van der Waals surface area contributed by atoms with Crippen LogP contribution in [-0.4, -0.2) is 40.6 Å². The Kier molecular flexibility index (Phi) is 6.69. The molecule has 174 valence electrons. The molecule has 2 aromatic carbocycles. The van der Waals surface area contributed by atoms with Crippen molar-refractivity contribution in [3.05, 3.63) is 69.5 Å². The van der Waals surface area contributed by atoms with Gasteiger partial charge in [0.2, 0.25) is 5.43 Å². The molecule has 7 nitrogen and oxygen atoms in total. The van der Waals surface area contributed by atoms with E-state index in [0.29, 0.717) is 17.7 Å². The van der Waals surface area contributed by atoms with Gasteiger partial charge in [-0.3, -0.25) is 14.3 Å². The first-order chi connectivity index (χ1) is 15.9. The van der Waals surface area contributed by atoms with Crippen molar-refractivity contribution in [1.82, 2.24) is 15.1 Å². The number of nitrogens with zero attached hydrogens (tertiary/aromatic N) is 2. The molecule has 0 radical (unpaired) electrons. The average Bonchev–Trinajstić information content (AvgIpc) is 2.83. The zero-order valence-electron chi connectivity index (χ0n) is 18.2. The number of aromatic nitrogens is 2. The molecule has 4 rings (SSSR count). The molecular weight excluding hydrogens is 432 g/mol. The number of aliphatic hydroxyl groups is 1. The number of hydrogen-bond donors (Lipinski definition) is 2. The van der Waals surface area contributed by atoms with Gasteiger partial charge < -0.3 is 15.2 Å². The van der Waals surface area contributed by atoms with Crippen molar-refractivity contribution in [1.29, 1.82) is 0 Å². The van der Waals surface area contributed by atoms with Gasteiger partial charge in [0.05, 0.1) is 19.0 Å². The van der Waals surface area contributed by atoms with Crippen molar-refractivity contribution in [2.45, 2.75) is 38.3 Å². The van der Waals surface area contributed by atoms with Crippen LogP contribution in [0.5, 0.6) is 5.75 Å². The lowest BCUT2D eigenvalue weighted by molar-refractivity contribution is 0.0864. The van der Waals surface area contributed by atoms with E-state index < -0.39 is 34.1 Å². The Balaban J connectivity index is 1.78. The van der Waals surface area contributed by atoms with Crippen LogP contribution in [0.15, 0.2) is 41.2 Å². The van der Waals surface area contributed by atoms with Gasteiger partial charge in [-0.15, -0.1) is 0 Å². The van der Waals surface area contributed by atoms with Gasteiger partial charge in [0.1, 0.15) is 22.9 Å². The highest BCUT2D eigenvalue weighted by molar-refractivity contribution is 5.95. The molecule has 0 spiro atoms. The number of ether oxygens (including phenoxy) is 1. The summed E-state index contributed by atoms with van der Waals surface area (Å²) in [5.41, 5.74) is -1.10. The molecule has 0 aliphatic heterocycles. The Labute approximate surface area is 189 Å². The van der Waals surface area contributed by atoms with Crippen LogP contribution in [-0.2, 0) is 6.54 Å². The SMILES string of the molecule is COc1ccc(Cn2nc(C(=O)N[C@H]3CCCC[C@@H]3CO)c(=O)c3c(F)ccc(F)c32)cc1. The summed E-state index contributed by atoms with van der Waals surface area (Å²) in [5.74, 6) is -2.01. The monoisotopic (exact) mass is 457 g/mol. The van der Waals surface area contributed by atoms with Crippen molar-refractivity contribution in [2.75, 3.05) is 13.7 Å². The van der Waals surface area contributed by atoms with E-state index in [-0.39, 0.29) is 30.6 Å². The molecule has 2 atom stereocenters. The summed E-state index contributed by atoms with van der Waals surface area (Å²) in [6.07, 6.45) is 3.25. The highest BCUT2D eigenvalue weighted by Crippen LogP contribution is 2.25. The Hall–Kier alpha value is -3.33. The largest absolute Gasteiger partial charge is 0.497 e. The first-order valence-corrected chi connectivity index (χ1v) is 10.9. The molecule has 1 heterocycles. The second-order valence-corrected chi connectivity index (χ2v) is 8.24. The molecule has 1 aliphatic rings. The number of aliphatic hydroxyl groups excluding tert-OH is 1. The zero-order valence-corrected chi connectivity index (χ0v) is 18.2. The molecule has 9 heteroatoms. The molecule has 0 bridgehead atoms. The summed E-state index contributed by atoms with van der Waals surface area (Å²) in [7, 11) is 1.53. The Morgan fingerprint density at radius 2 is 1.85 bits per heavy atom. The van der Waals surface area contributed by atoms with E-state index >= 15 is 0 Å². The Morgan fingerprint density at radius 1 is 1.15 bits per heavy atom. The normalized spacial score (nSPS) is 18.3. The zero-order chi connectivity index (χ0) is 23.5. The summed E-state index contributed by atoms with van der Waals surface area (Å²) < 4.78 is 35.7. The standard InChI is InChI=1S/C24H25F2N3O4/c1-33-16-8-6-14(7-9-16)12-29-22-18(26)11-10-17(25)20(22)23(31)21(28-29)24(32)27-19-5-3-2-4-15(19)13-30/h6-11,15,19,30H,2-5,12-13H2,1H3,(H,27,32)/t15-,19+/m1/s1. The van der Waals surface area contributed by atoms with Crippen LogP contribution < -0.4 is 15.5 Å². The molecule has 1 saturated carbocycles. The molecule has 3 aromatic rings. The number of carbonyl (C=O) groups excluding carboxylic acids is 1. The summed E-state index contributed by atoms with van der Waals surface area (Å²) in [4.78, 5) is 26.0. The van der Waals surface area contributed by atoms with Crippen LogP contribution >= 0.6 is 0 Å². The molecule has 2 N–H and O–H groups in total. The number of benzene rings is 2. The van der Waals surface area contributed by atoms with E-state index in [2.05, 4.69) is 10.4 Å². The van der Waals surface area contributed by atoms with Crippen molar-refractivity contribution in [3.63, 3.8) is 0 Å². The van der Waals surface area contributed by atoms with E-state index in [1.54, 1.807) is 24.3 Å². The maximum Gasteiger partial charge on any atom is 0.276 e. The fraction of sp³-hybridized carbons (Fsp3) is 0.375. The number of carbonyl (C=O) groups is 1. The van der Waals surface area contributed by atoms with E-state index in [0.717, 1.165) is 36.1 Å². The lowest BCUT2D eigenvalue weighted by atomic mass is 9.85. The van der Waals surface area contributed by atoms with Gasteiger partial charge in [-0.25, -0.2) is 8.78 Å². The quantitative estimate of drug-likeness (QED) is 0.594. The third-order valence-corrected chi connectivity index (χ3v) is 6.17. The van der Waals surface area contributed by atoms with Crippen LogP contribution in [0.3, 0.4) is 0 Å². The highest BCUT2D eigenvalue weighted by Gasteiger charge is 2.29. The third-order valence-electron chi connectivity index (χ3n) is 6.17. The minimum Gasteiger partial charge on any atom is -0.497 e. The van der Waals surface area contributed by atoms with Gasteiger partial charge in [-0.1, -0.05) is 25.0 Å². The van der Waals surface area contributed by atoms with Gasteiger partial charge in [0.25, 0.3) is 5.91 Å². The average molecular weight is 457 g/mol. The molecule has 1 fully saturated rings. The van der Waals surface area contributed by atoms with Crippen LogP contribution in [0.2, 0.25) is 0 Å². The lowest BCUT2D eigenvalue weighted by Crippen LogP contribution is -2.45. The van der Waals surface area contributed by atoms with Gasteiger partial charge >= 0.3 is 0 Å². The van der Waals surface area contributed by atoms with Crippen molar-refractivity contribution >= 4 is 16.8 Å². The summed E-state index contributed by atoms with van der Waals surface area (Å²) in [5, 5.41) is 16.0. The lowest BCUT2D eigenvalue weighted by Gasteiger charge is -2.30.